The topological polar surface area (TPSA) is 75.7 Å². The van der Waals surface area contributed by atoms with Crippen molar-refractivity contribution in [2.45, 2.75) is 26.7 Å². The largest absolute Gasteiger partial charge is 0.455 e. The van der Waals surface area contributed by atoms with Crippen molar-refractivity contribution in [3.63, 3.8) is 0 Å². The number of hydrogen-bond donors (Lipinski definition) is 1. The van der Waals surface area contributed by atoms with Crippen molar-refractivity contribution in [3.05, 3.63) is 29.3 Å². The summed E-state index contributed by atoms with van der Waals surface area (Å²) in [6.07, 6.45) is 1.67. The van der Waals surface area contributed by atoms with Gasteiger partial charge in [0.15, 0.2) is 6.61 Å². The minimum absolute atomic E-state index is 0.0410. The van der Waals surface area contributed by atoms with Crippen LogP contribution in [0.15, 0.2) is 18.2 Å². The molecule has 0 aliphatic heterocycles. The first-order chi connectivity index (χ1) is 10.9. The van der Waals surface area contributed by atoms with Crippen molar-refractivity contribution in [1.29, 1.82) is 0 Å². The molecule has 1 aromatic carbocycles. The third-order valence-electron chi connectivity index (χ3n) is 3.72. The van der Waals surface area contributed by atoms with Crippen molar-refractivity contribution in [3.8, 4) is 0 Å². The normalized spacial score (nSPS) is 13.3. The van der Waals surface area contributed by atoms with Crippen LogP contribution < -0.4 is 5.32 Å². The van der Waals surface area contributed by atoms with Crippen molar-refractivity contribution >= 4 is 23.5 Å². The van der Waals surface area contributed by atoms with Gasteiger partial charge in [-0.1, -0.05) is 12.1 Å². The third kappa shape index (κ3) is 5.09. The molecule has 0 saturated heterocycles. The highest BCUT2D eigenvalue weighted by Crippen LogP contribution is 2.29. The second kappa shape index (κ2) is 7.26. The van der Waals surface area contributed by atoms with E-state index in [1.165, 1.54) is 11.9 Å². The summed E-state index contributed by atoms with van der Waals surface area (Å²) in [6, 6.07) is 5.78. The highest BCUT2D eigenvalue weighted by atomic mass is 16.5. The smallest absolute Gasteiger partial charge is 0.309 e. The molecule has 1 N–H and O–H groups in total. The number of likely N-dealkylation sites (N-methyl/N-ethyl adjacent to an activating group) is 1. The van der Waals surface area contributed by atoms with Gasteiger partial charge >= 0.3 is 5.97 Å². The lowest BCUT2D eigenvalue weighted by atomic mass is 10.1. The van der Waals surface area contributed by atoms with E-state index < -0.39 is 5.91 Å². The molecule has 0 radical (unpaired) electrons. The van der Waals surface area contributed by atoms with E-state index in [9.17, 15) is 14.4 Å². The lowest BCUT2D eigenvalue weighted by Gasteiger charge is -2.17. The number of nitrogens with one attached hydrogen (secondary N) is 1. The summed E-state index contributed by atoms with van der Waals surface area (Å²) in [5.74, 6) is -1.05. The summed E-state index contributed by atoms with van der Waals surface area (Å²) in [6.45, 7) is 3.44. The fourth-order valence-corrected chi connectivity index (χ4v) is 2.04. The van der Waals surface area contributed by atoms with Gasteiger partial charge in [0.1, 0.15) is 0 Å². The second-order valence-electron chi connectivity index (χ2n) is 6.00. The Morgan fingerprint density at radius 3 is 2.61 bits per heavy atom. The number of benzene rings is 1. The zero-order chi connectivity index (χ0) is 17.0. The molecular weight excluding hydrogens is 296 g/mol. The molecule has 0 spiro atoms. The van der Waals surface area contributed by atoms with Crippen LogP contribution >= 0.6 is 0 Å². The predicted molar refractivity (Wildman–Crippen MR) is 85.9 cm³/mol. The highest BCUT2D eigenvalue weighted by molar-refractivity contribution is 5.95. The van der Waals surface area contributed by atoms with Gasteiger partial charge in [0.05, 0.1) is 12.5 Å². The maximum absolute atomic E-state index is 12.0. The predicted octanol–water partition coefficient (Wildman–Crippen LogP) is 1.65. The van der Waals surface area contributed by atoms with Gasteiger partial charge in [0.25, 0.3) is 5.91 Å². The van der Waals surface area contributed by atoms with Gasteiger partial charge in [-0.05, 0) is 43.9 Å². The molecule has 0 bridgehead atoms. The Hall–Kier alpha value is -2.37. The Balaban J connectivity index is 1.80. The molecule has 124 valence electrons. The first kappa shape index (κ1) is 17.0. The van der Waals surface area contributed by atoms with E-state index in [1.807, 2.05) is 32.0 Å². The van der Waals surface area contributed by atoms with Crippen molar-refractivity contribution in [1.82, 2.24) is 4.90 Å². The van der Waals surface area contributed by atoms with E-state index in [0.29, 0.717) is 0 Å². The summed E-state index contributed by atoms with van der Waals surface area (Å²) < 4.78 is 4.92. The molecule has 1 fully saturated rings. The van der Waals surface area contributed by atoms with Gasteiger partial charge in [-0.3, -0.25) is 14.4 Å². The van der Waals surface area contributed by atoms with E-state index >= 15 is 0 Å². The van der Waals surface area contributed by atoms with Gasteiger partial charge in [0.2, 0.25) is 5.91 Å². The summed E-state index contributed by atoms with van der Waals surface area (Å²) >= 11 is 0. The lowest BCUT2D eigenvalue weighted by molar-refractivity contribution is -0.152. The first-order valence-corrected chi connectivity index (χ1v) is 7.64. The maximum atomic E-state index is 12.0. The monoisotopic (exact) mass is 318 g/mol. The second-order valence-corrected chi connectivity index (χ2v) is 6.00. The third-order valence-corrected chi connectivity index (χ3v) is 3.72. The van der Waals surface area contributed by atoms with Crippen LogP contribution in [-0.4, -0.2) is 42.9 Å². The quantitative estimate of drug-likeness (QED) is 0.809. The van der Waals surface area contributed by atoms with Gasteiger partial charge in [-0.2, -0.15) is 0 Å². The number of aryl methyl sites for hydroxylation is 2. The number of carbonyl (C=O) groups excluding carboxylic acids is 3. The molecule has 1 aliphatic rings. The zero-order valence-corrected chi connectivity index (χ0v) is 13.7. The number of nitrogens with zero attached hydrogens (tertiary/aromatic N) is 1. The maximum Gasteiger partial charge on any atom is 0.309 e. The summed E-state index contributed by atoms with van der Waals surface area (Å²) in [4.78, 5) is 36.5. The number of rotatable bonds is 6. The Kier molecular flexibility index (Phi) is 5.36. The van der Waals surface area contributed by atoms with E-state index in [1.54, 1.807) is 0 Å². The molecule has 6 heteroatoms. The standard InChI is InChI=1S/C17H22N2O4/c1-11-4-5-12(2)14(8-11)18-15(20)9-19(3)16(21)10-23-17(22)13-6-7-13/h4-5,8,13H,6-7,9-10H2,1-3H3,(H,18,20). The number of carbonyl (C=O) groups is 3. The first-order valence-electron chi connectivity index (χ1n) is 7.64. The summed E-state index contributed by atoms with van der Waals surface area (Å²) in [5, 5.41) is 2.79. The molecule has 2 amide bonds. The van der Waals surface area contributed by atoms with Crippen molar-refractivity contribution < 1.29 is 19.1 Å². The van der Waals surface area contributed by atoms with Crippen LogP contribution in [0.4, 0.5) is 5.69 Å². The Labute approximate surface area is 135 Å². The van der Waals surface area contributed by atoms with Gasteiger partial charge in [-0.25, -0.2) is 0 Å². The van der Waals surface area contributed by atoms with Crippen LogP contribution in [-0.2, 0) is 19.1 Å². The lowest BCUT2D eigenvalue weighted by Crippen LogP contribution is -2.37. The Bertz CT molecular complexity index is 623. The number of hydrogen-bond acceptors (Lipinski definition) is 4. The average Bonchev–Trinajstić information content (AvgIpc) is 3.32. The Morgan fingerprint density at radius 2 is 1.96 bits per heavy atom. The zero-order valence-electron chi connectivity index (χ0n) is 13.7. The van der Waals surface area contributed by atoms with Crippen LogP contribution in [0.2, 0.25) is 0 Å². The molecule has 23 heavy (non-hydrogen) atoms. The van der Waals surface area contributed by atoms with Crippen molar-refractivity contribution in [2.75, 3.05) is 25.5 Å². The SMILES string of the molecule is Cc1ccc(C)c(NC(=O)CN(C)C(=O)COC(=O)C2CC2)c1. The number of anilines is 1. The molecular formula is C17H22N2O4. The van der Waals surface area contributed by atoms with Gasteiger partial charge in [-0.15, -0.1) is 0 Å². The Morgan fingerprint density at radius 1 is 1.26 bits per heavy atom. The summed E-state index contributed by atoms with van der Waals surface area (Å²) in [7, 11) is 1.51. The average molecular weight is 318 g/mol. The molecule has 0 unspecified atom stereocenters. The molecule has 1 aliphatic carbocycles. The van der Waals surface area contributed by atoms with Crippen LogP contribution in [0.3, 0.4) is 0 Å². The van der Waals surface area contributed by atoms with E-state index in [-0.39, 0.29) is 30.9 Å². The van der Waals surface area contributed by atoms with E-state index in [4.69, 9.17) is 4.74 Å². The van der Waals surface area contributed by atoms with Gasteiger partial charge < -0.3 is 15.0 Å². The molecule has 1 aromatic rings. The molecule has 0 atom stereocenters. The molecule has 0 aromatic heterocycles. The van der Waals surface area contributed by atoms with Crippen LogP contribution in [0.25, 0.3) is 0 Å². The highest BCUT2D eigenvalue weighted by Gasteiger charge is 2.31. The van der Waals surface area contributed by atoms with Crippen LogP contribution in [0, 0.1) is 19.8 Å². The minimum atomic E-state index is -0.393. The van der Waals surface area contributed by atoms with Crippen molar-refractivity contribution in [2.24, 2.45) is 5.92 Å². The molecule has 0 heterocycles. The number of amides is 2. The molecule has 1 saturated carbocycles. The summed E-state index contributed by atoms with van der Waals surface area (Å²) in [5.41, 5.74) is 2.73. The molecule has 2 rings (SSSR count). The van der Waals surface area contributed by atoms with Crippen LogP contribution in [0.5, 0.6) is 0 Å². The number of esters is 1. The fourth-order valence-electron chi connectivity index (χ4n) is 2.04. The number of ether oxygens (including phenoxy) is 1. The van der Waals surface area contributed by atoms with Crippen LogP contribution in [0.1, 0.15) is 24.0 Å². The van der Waals surface area contributed by atoms with E-state index in [0.717, 1.165) is 29.7 Å². The minimum Gasteiger partial charge on any atom is -0.455 e. The molecule has 6 nitrogen and oxygen atoms in total. The van der Waals surface area contributed by atoms with Gasteiger partial charge in [0, 0.05) is 12.7 Å². The van der Waals surface area contributed by atoms with E-state index in [2.05, 4.69) is 5.32 Å². The fraction of sp³-hybridized carbons (Fsp3) is 0.471.